The maximum Gasteiger partial charge on any atom is 0.0476 e. The van der Waals surface area contributed by atoms with Crippen LogP contribution >= 0.6 is 0 Å². The van der Waals surface area contributed by atoms with E-state index in [-0.39, 0.29) is 5.54 Å². The monoisotopic (exact) mass is 289 g/mol. The average Bonchev–Trinajstić information content (AvgIpc) is 2.42. The molecule has 1 aromatic carbocycles. The molecule has 3 heteroatoms. The minimum absolute atomic E-state index is 0.267. The molecule has 1 aliphatic rings. The lowest BCUT2D eigenvalue weighted by atomic mass is 9.94. The molecule has 1 atom stereocenters. The van der Waals surface area contributed by atoms with Gasteiger partial charge in [0.1, 0.15) is 0 Å². The Labute approximate surface area is 130 Å². The Balaban J connectivity index is 2.14. The first-order chi connectivity index (χ1) is 9.84. The van der Waals surface area contributed by atoms with Crippen molar-refractivity contribution in [1.82, 2.24) is 9.80 Å². The van der Waals surface area contributed by atoms with E-state index in [2.05, 4.69) is 62.6 Å². The Morgan fingerprint density at radius 1 is 1.05 bits per heavy atom. The largest absolute Gasteiger partial charge is 0.329 e. The zero-order chi connectivity index (χ0) is 15.6. The van der Waals surface area contributed by atoms with Gasteiger partial charge in [-0.05, 0) is 51.3 Å². The van der Waals surface area contributed by atoms with Crippen LogP contribution in [0.15, 0.2) is 18.2 Å². The van der Waals surface area contributed by atoms with Gasteiger partial charge in [-0.1, -0.05) is 18.2 Å². The molecule has 0 aliphatic carbocycles. The van der Waals surface area contributed by atoms with E-state index < -0.39 is 0 Å². The fourth-order valence-electron chi connectivity index (χ4n) is 3.51. The number of hydrogen-bond donors (Lipinski definition) is 1. The second kappa shape index (κ2) is 6.47. The summed E-state index contributed by atoms with van der Waals surface area (Å²) in [6.07, 6.45) is 0. The third-order valence-corrected chi connectivity index (χ3v) is 4.80. The second-order valence-electron chi connectivity index (χ2n) is 7.25. The van der Waals surface area contributed by atoms with Crippen LogP contribution in [0.5, 0.6) is 0 Å². The van der Waals surface area contributed by atoms with Gasteiger partial charge in [0.05, 0.1) is 0 Å². The Morgan fingerprint density at radius 3 is 2.00 bits per heavy atom. The van der Waals surface area contributed by atoms with Crippen LogP contribution in [-0.4, -0.2) is 48.1 Å². The van der Waals surface area contributed by atoms with Crippen molar-refractivity contribution >= 4 is 0 Å². The highest BCUT2D eigenvalue weighted by atomic mass is 15.3. The molecule has 2 rings (SSSR count). The van der Waals surface area contributed by atoms with E-state index in [9.17, 15) is 0 Å². The van der Waals surface area contributed by atoms with Gasteiger partial charge in [0.25, 0.3) is 0 Å². The van der Waals surface area contributed by atoms with E-state index in [4.69, 9.17) is 5.73 Å². The summed E-state index contributed by atoms with van der Waals surface area (Å²) >= 11 is 0. The summed E-state index contributed by atoms with van der Waals surface area (Å²) in [5, 5.41) is 0. The van der Waals surface area contributed by atoms with Crippen molar-refractivity contribution in [2.45, 2.75) is 46.2 Å². The number of nitrogens with zero attached hydrogens (tertiary/aromatic N) is 2. The SMILES string of the molecule is Cc1cccc(C)c1C(CN)N1CCN(C(C)(C)C)CC1. The number of rotatable bonds is 3. The first kappa shape index (κ1) is 16.5. The van der Waals surface area contributed by atoms with E-state index in [1.807, 2.05) is 0 Å². The Hall–Kier alpha value is -0.900. The number of benzene rings is 1. The molecule has 21 heavy (non-hydrogen) atoms. The summed E-state index contributed by atoms with van der Waals surface area (Å²) in [6.45, 7) is 16.5. The number of aryl methyl sites for hydroxylation is 2. The van der Waals surface area contributed by atoms with Crippen LogP contribution in [0.25, 0.3) is 0 Å². The molecular weight excluding hydrogens is 258 g/mol. The van der Waals surface area contributed by atoms with Crippen molar-refractivity contribution in [3.05, 3.63) is 34.9 Å². The molecule has 0 radical (unpaired) electrons. The molecule has 0 saturated carbocycles. The minimum atomic E-state index is 0.267. The van der Waals surface area contributed by atoms with Crippen molar-refractivity contribution in [3.63, 3.8) is 0 Å². The summed E-state index contributed by atoms with van der Waals surface area (Å²) in [7, 11) is 0. The third-order valence-electron chi connectivity index (χ3n) is 4.80. The lowest BCUT2D eigenvalue weighted by Gasteiger charge is -2.45. The molecule has 1 aromatic rings. The molecule has 1 saturated heterocycles. The van der Waals surface area contributed by atoms with Gasteiger partial charge in [-0.25, -0.2) is 0 Å². The molecule has 1 fully saturated rings. The topological polar surface area (TPSA) is 32.5 Å². The van der Waals surface area contributed by atoms with Gasteiger partial charge in [-0.3, -0.25) is 9.80 Å². The van der Waals surface area contributed by atoms with E-state index in [0.717, 1.165) is 26.2 Å². The lowest BCUT2D eigenvalue weighted by Crippen LogP contribution is -2.54. The quantitative estimate of drug-likeness (QED) is 0.928. The van der Waals surface area contributed by atoms with Crippen molar-refractivity contribution in [1.29, 1.82) is 0 Å². The highest BCUT2D eigenvalue weighted by molar-refractivity contribution is 5.36. The number of nitrogens with two attached hydrogens (primary N) is 1. The zero-order valence-corrected chi connectivity index (χ0v) is 14.3. The molecule has 3 nitrogen and oxygen atoms in total. The first-order valence-corrected chi connectivity index (χ1v) is 8.10. The van der Waals surface area contributed by atoms with E-state index >= 15 is 0 Å². The Kier molecular flexibility index (Phi) is 5.07. The second-order valence-corrected chi connectivity index (χ2v) is 7.25. The molecule has 118 valence electrons. The normalized spacial score (nSPS) is 19.7. The average molecular weight is 289 g/mol. The van der Waals surface area contributed by atoms with Gasteiger partial charge < -0.3 is 5.73 Å². The first-order valence-electron chi connectivity index (χ1n) is 8.10. The maximum atomic E-state index is 6.14. The molecule has 0 spiro atoms. The molecule has 1 aliphatic heterocycles. The minimum Gasteiger partial charge on any atom is -0.329 e. The maximum absolute atomic E-state index is 6.14. The molecular formula is C18H31N3. The molecule has 1 unspecified atom stereocenters. The Bertz CT molecular complexity index is 448. The summed E-state index contributed by atoms with van der Waals surface area (Å²) in [4.78, 5) is 5.14. The predicted molar refractivity (Wildman–Crippen MR) is 90.6 cm³/mol. The van der Waals surface area contributed by atoms with Gasteiger partial charge in [0.15, 0.2) is 0 Å². The molecule has 0 amide bonds. The highest BCUT2D eigenvalue weighted by Gasteiger charge is 2.30. The van der Waals surface area contributed by atoms with Crippen LogP contribution < -0.4 is 5.73 Å². The number of piperazine rings is 1. The molecule has 1 heterocycles. The van der Waals surface area contributed by atoms with Crippen LogP contribution in [-0.2, 0) is 0 Å². The van der Waals surface area contributed by atoms with Crippen molar-refractivity contribution in [2.75, 3.05) is 32.7 Å². The van der Waals surface area contributed by atoms with Gasteiger partial charge in [-0.15, -0.1) is 0 Å². The predicted octanol–water partition coefficient (Wildman–Crippen LogP) is 2.72. The molecule has 2 N–H and O–H groups in total. The van der Waals surface area contributed by atoms with Gasteiger partial charge >= 0.3 is 0 Å². The van der Waals surface area contributed by atoms with Crippen LogP contribution in [0, 0.1) is 13.8 Å². The van der Waals surface area contributed by atoms with Gasteiger partial charge in [0.2, 0.25) is 0 Å². The van der Waals surface area contributed by atoms with Crippen LogP contribution in [0.4, 0.5) is 0 Å². The summed E-state index contributed by atoms with van der Waals surface area (Å²) in [5.41, 5.74) is 10.6. The smallest absolute Gasteiger partial charge is 0.0476 e. The molecule has 0 aromatic heterocycles. The van der Waals surface area contributed by atoms with Crippen LogP contribution in [0.3, 0.4) is 0 Å². The Morgan fingerprint density at radius 2 is 1.57 bits per heavy atom. The fraction of sp³-hybridized carbons (Fsp3) is 0.667. The summed E-state index contributed by atoms with van der Waals surface area (Å²) in [5.74, 6) is 0. The van der Waals surface area contributed by atoms with Crippen LogP contribution in [0.1, 0.15) is 43.5 Å². The third kappa shape index (κ3) is 3.65. The van der Waals surface area contributed by atoms with Gasteiger partial charge in [-0.2, -0.15) is 0 Å². The van der Waals surface area contributed by atoms with Gasteiger partial charge in [0, 0.05) is 44.3 Å². The number of hydrogen-bond acceptors (Lipinski definition) is 3. The lowest BCUT2D eigenvalue weighted by molar-refractivity contribution is 0.0431. The summed E-state index contributed by atoms with van der Waals surface area (Å²) in [6, 6.07) is 6.90. The fourth-order valence-corrected chi connectivity index (χ4v) is 3.51. The zero-order valence-electron chi connectivity index (χ0n) is 14.3. The van der Waals surface area contributed by atoms with Crippen molar-refractivity contribution in [2.24, 2.45) is 5.73 Å². The van der Waals surface area contributed by atoms with E-state index in [1.165, 1.54) is 16.7 Å². The van der Waals surface area contributed by atoms with E-state index in [1.54, 1.807) is 0 Å². The highest BCUT2D eigenvalue weighted by Crippen LogP contribution is 2.28. The molecule has 0 bridgehead atoms. The van der Waals surface area contributed by atoms with Crippen molar-refractivity contribution in [3.8, 4) is 0 Å². The van der Waals surface area contributed by atoms with Crippen molar-refractivity contribution < 1.29 is 0 Å². The standard InChI is InChI=1S/C18H31N3/c1-14-7-6-8-15(2)17(14)16(13-19)20-9-11-21(12-10-20)18(3,4)5/h6-8,16H,9-13,19H2,1-5H3. The van der Waals surface area contributed by atoms with Crippen LogP contribution in [0.2, 0.25) is 0 Å². The van der Waals surface area contributed by atoms with E-state index in [0.29, 0.717) is 12.6 Å². The summed E-state index contributed by atoms with van der Waals surface area (Å²) < 4.78 is 0.